The summed E-state index contributed by atoms with van der Waals surface area (Å²) in [5, 5.41) is 8.28. The molecule has 0 spiro atoms. The zero-order valence-corrected chi connectivity index (χ0v) is 25.4. The summed E-state index contributed by atoms with van der Waals surface area (Å²) in [6.07, 6.45) is 6.02. The highest BCUT2D eigenvalue weighted by Gasteiger charge is 2.31. The average molecular weight is 629 g/mol. The van der Waals surface area contributed by atoms with Crippen molar-refractivity contribution in [2.75, 3.05) is 24.4 Å². The molecule has 1 fully saturated rings. The first-order chi connectivity index (χ1) is 19.6. The summed E-state index contributed by atoms with van der Waals surface area (Å²) < 4.78 is 51.7. The van der Waals surface area contributed by atoms with Gasteiger partial charge in [0, 0.05) is 54.4 Å². The number of aromatic amines is 1. The van der Waals surface area contributed by atoms with Gasteiger partial charge in [0.1, 0.15) is 9.90 Å². The number of nitrogens with zero attached hydrogens (tertiary/aromatic N) is 4. The summed E-state index contributed by atoms with van der Waals surface area (Å²) in [5.41, 5.74) is 2.91. The molecule has 6 rings (SSSR count). The molecule has 0 amide bonds. The van der Waals surface area contributed by atoms with Gasteiger partial charge in [-0.15, -0.1) is 22.7 Å². The van der Waals surface area contributed by atoms with Crippen molar-refractivity contribution in [1.82, 2.24) is 19.9 Å². The molecule has 1 atom stereocenters. The van der Waals surface area contributed by atoms with Crippen molar-refractivity contribution in [2.45, 2.75) is 34.4 Å². The van der Waals surface area contributed by atoms with Crippen LogP contribution in [-0.4, -0.2) is 56.8 Å². The van der Waals surface area contributed by atoms with Crippen LogP contribution < -0.4 is 9.44 Å². The fourth-order valence-electron chi connectivity index (χ4n) is 5.24. The molecule has 41 heavy (non-hydrogen) atoms. The van der Waals surface area contributed by atoms with Crippen molar-refractivity contribution < 1.29 is 16.8 Å². The Hall–Kier alpha value is -3.14. The molecular weight excluding hydrogens is 601 g/mol. The summed E-state index contributed by atoms with van der Waals surface area (Å²) >= 11 is 2.42. The van der Waals surface area contributed by atoms with E-state index in [0.29, 0.717) is 17.1 Å². The maximum Gasteiger partial charge on any atom is 0.275 e. The van der Waals surface area contributed by atoms with Gasteiger partial charge in [-0.2, -0.15) is 0 Å². The number of nitrogens with one attached hydrogen (secondary N) is 1. The third kappa shape index (κ3) is 5.55. The maximum absolute atomic E-state index is 13.5. The molecule has 5 heterocycles. The molecule has 3 N–H and O–H groups in total. The van der Waals surface area contributed by atoms with Crippen molar-refractivity contribution in [2.24, 2.45) is 5.14 Å². The van der Waals surface area contributed by atoms with Crippen molar-refractivity contribution >= 4 is 59.3 Å². The second kappa shape index (κ2) is 10.9. The van der Waals surface area contributed by atoms with Gasteiger partial charge in [0.05, 0.1) is 16.9 Å². The molecule has 214 valence electrons. The second-order valence-corrected chi connectivity index (χ2v) is 15.7. The monoisotopic (exact) mass is 628 g/mol. The summed E-state index contributed by atoms with van der Waals surface area (Å²) in [6, 6.07) is 14.6. The SMILES string of the molecule is CN(c1cccc2cc(-c3ncc(CN4CCCC(c5ccccn5)C4)s3)[nH]c12)S(=O)(=O)c1sccc1S(N)(=O)=O. The lowest BCUT2D eigenvalue weighted by Crippen LogP contribution is -2.33. The number of anilines is 1. The lowest BCUT2D eigenvalue weighted by molar-refractivity contribution is 0.200. The van der Waals surface area contributed by atoms with Crippen LogP contribution in [0, 0.1) is 0 Å². The third-order valence-electron chi connectivity index (χ3n) is 7.25. The van der Waals surface area contributed by atoms with Crippen LogP contribution >= 0.6 is 22.7 Å². The Morgan fingerprint density at radius 3 is 2.76 bits per heavy atom. The van der Waals surface area contributed by atoms with Gasteiger partial charge in [0.2, 0.25) is 10.0 Å². The summed E-state index contributed by atoms with van der Waals surface area (Å²) in [7, 11) is -7.00. The van der Waals surface area contributed by atoms with Gasteiger partial charge in [0.15, 0.2) is 4.21 Å². The summed E-state index contributed by atoms with van der Waals surface area (Å²) in [5.74, 6) is 0.424. The fraction of sp³-hybridized carbons (Fsp3) is 0.259. The lowest BCUT2D eigenvalue weighted by atomic mass is 9.94. The van der Waals surface area contributed by atoms with E-state index in [1.165, 1.54) is 18.5 Å². The number of para-hydroxylation sites is 1. The predicted molar refractivity (Wildman–Crippen MR) is 162 cm³/mol. The zero-order chi connectivity index (χ0) is 28.8. The number of sulfonamides is 2. The Morgan fingerprint density at radius 1 is 1.12 bits per heavy atom. The summed E-state index contributed by atoms with van der Waals surface area (Å²) in [4.78, 5) is 15.8. The van der Waals surface area contributed by atoms with E-state index in [0.717, 1.165) is 74.8 Å². The highest BCUT2D eigenvalue weighted by Crippen LogP contribution is 2.37. The standard InChI is InChI=1S/C27H28N6O4S4/c1-32(41(36,37)27-24(10-13-38-27)40(28,34)35)23-9-4-6-18-14-22(31-25(18)23)26-30-15-20(39-26)17-33-12-5-7-19(16-33)21-8-2-3-11-29-21/h2-4,6,8-11,13-15,19,31H,5,7,12,16-17H2,1H3,(H2,28,34,35). The Morgan fingerprint density at radius 2 is 1.98 bits per heavy atom. The number of likely N-dealkylation sites (tertiary alicyclic amines) is 1. The topological polar surface area (TPSA) is 142 Å². The number of primary sulfonamides is 1. The van der Waals surface area contributed by atoms with E-state index < -0.39 is 24.9 Å². The van der Waals surface area contributed by atoms with Crippen molar-refractivity contribution in [3.05, 3.63) is 76.9 Å². The lowest BCUT2D eigenvalue weighted by Gasteiger charge is -2.32. The number of benzene rings is 1. The Labute approximate surface area is 246 Å². The Bertz CT molecular complexity index is 1910. The number of fused-ring (bicyclic) bond motifs is 1. The molecule has 1 aliphatic heterocycles. The molecule has 14 heteroatoms. The second-order valence-electron chi connectivity index (χ2n) is 9.97. The van der Waals surface area contributed by atoms with Gasteiger partial charge in [-0.05, 0) is 55.1 Å². The van der Waals surface area contributed by atoms with E-state index >= 15 is 0 Å². The van der Waals surface area contributed by atoms with Crippen molar-refractivity contribution in [3.63, 3.8) is 0 Å². The van der Waals surface area contributed by atoms with E-state index in [1.807, 2.05) is 36.7 Å². The Balaban J connectivity index is 1.24. The van der Waals surface area contributed by atoms with E-state index in [2.05, 4.69) is 25.9 Å². The minimum atomic E-state index is -4.21. The first-order valence-corrected chi connectivity index (χ1v) is 17.6. The normalized spacial score (nSPS) is 16.8. The minimum absolute atomic E-state index is 0.321. The molecule has 0 radical (unpaired) electrons. The van der Waals surface area contributed by atoms with Crippen LogP contribution in [0.5, 0.6) is 0 Å². The molecule has 5 aromatic rings. The number of thiazole rings is 1. The van der Waals surface area contributed by atoms with Crippen LogP contribution in [-0.2, 0) is 26.6 Å². The highest BCUT2D eigenvalue weighted by molar-refractivity contribution is 7.96. The molecule has 1 aliphatic rings. The number of aromatic nitrogens is 3. The van der Waals surface area contributed by atoms with Gasteiger partial charge in [-0.3, -0.25) is 14.2 Å². The highest BCUT2D eigenvalue weighted by atomic mass is 32.2. The average Bonchev–Trinajstić information content (AvgIpc) is 3.72. The number of rotatable bonds is 8. The molecular formula is C27H28N6O4S4. The number of hydrogen-bond acceptors (Lipinski definition) is 9. The number of H-pyrrole nitrogens is 1. The zero-order valence-electron chi connectivity index (χ0n) is 22.1. The number of nitrogens with two attached hydrogens (primary N) is 1. The minimum Gasteiger partial charge on any atom is -0.351 e. The van der Waals surface area contributed by atoms with Crippen LogP contribution in [0.25, 0.3) is 21.6 Å². The van der Waals surface area contributed by atoms with Crippen LogP contribution in [0.1, 0.15) is 29.3 Å². The molecule has 0 aliphatic carbocycles. The molecule has 0 saturated carbocycles. The van der Waals surface area contributed by atoms with Gasteiger partial charge in [-0.25, -0.2) is 27.0 Å². The molecule has 1 aromatic carbocycles. The van der Waals surface area contributed by atoms with E-state index in [9.17, 15) is 16.8 Å². The predicted octanol–water partition coefficient (Wildman–Crippen LogP) is 4.60. The van der Waals surface area contributed by atoms with Crippen LogP contribution in [0.3, 0.4) is 0 Å². The molecule has 1 saturated heterocycles. The van der Waals surface area contributed by atoms with Gasteiger partial charge >= 0.3 is 0 Å². The number of pyridine rings is 1. The number of thiophene rings is 1. The molecule has 1 unspecified atom stereocenters. The van der Waals surface area contributed by atoms with Crippen LogP contribution in [0.4, 0.5) is 5.69 Å². The maximum atomic E-state index is 13.5. The third-order valence-corrected chi connectivity index (χ3v) is 12.7. The van der Waals surface area contributed by atoms with Crippen LogP contribution in [0.2, 0.25) is 0 Å². The molecule has 0 bridgehead atoms. The van der Waals surface area contributed by atoms with E-state index in [1.54, 1.807) is 23.5 Å². The first kappa shape index (κ1) is 28.0. The number of hydrogen-bond donors (Lipinski definition) is 2. The summed E-state index contributed by atoms with van der Waals surface area (Å²) in [6.45, 7) is 2.80. The molecule has 4 aromatic heterocycles. The smallest absolute Gasteiger partial charge is 0.275 e. The fourth-order valence-corrected chi connectivity index (χ4v) is 10.4. The van der Waals surface area contributed by atoms with Crippen molar-refractivity contribution in [1.29, 1.82) is 0 Å². The van der Waals surface area contributed by atoms with Gasteiger partial charge < -0.3 is 4.98 Å². The Kier molecular flexibility index (Phi) is 7.46. The van der Waals surface area contributed by atoms with Crippen molar-refractivity contribution in [3.8, 4) is 10.7 Å². The largest absolute Gasteiger partial charge is 0.351 e. The quantitative estimate of drug-likeness (QED) is 0.256. The van der Waals surface area contributed by atoms with E-state index in [-0.39, 0.29) is 4.21 Å². The molecule has 10 nitrogen and oxygen atoms in total. The van der Waals surface area contributed by atoms with Crippen LogP contribution in [0.15, 0.2) is 75.4 Å². The number of piperidine rings is 1. The van der Waals surface area contributed by atoms with E-state index in [4.69, 9.17) is 5.14 Å². The first-order valence-electron chi connectivity index (χ1n) is 12.9. The van der Waals surface area contributed by atoms with Gasteiger partial charge in [-0.1, -0.05) is 18.2 Å². The van der Waals surface area contributed by atoms with Gasteiger partial charge in [0.25, 0.3) is 10.0 Å².